The van der Waals surface area contributed by atoms with E-state index in [0.29, 0.717) is 37.9 Å². The Balaban J connectivity index is 1.39. The molecule has 11 heteroatoms. The lowest BCUT2D eigenvalue weighted by atomic mass is 9.99. The van der Waals surface area contributed by atoms with Gasteiger partial charge < -0.3 is 13.9 Å². The number of anilines is 1. The highest BCUT2D eigenvalue weighted by Gasteiger charge is 2.19. The highest BCUT2D eigenvalue weighted by molar-refractivity contribution is 7.17. The molecule has 9 nitrogen and oxygen atoms in total. The molecular weight excluding hydrogens is 476 g/mol. The molecule has 0 spiro atoms. The van der Waals surface area contributed by atoms with Gasteiger partial charge >= 0.3 is 0 Å². The van der Waals surface area contributed by atoms with E-state index in [9.17, 15) is 4.79 Å². The molecule has 34 heavy (non-hydrogen) atoms. The molecule has 0 saturated heterocycles. The van der Waals surface area contributed by atoms with Crippen molar-refractivity contribution in [3.8, 4) is 22.1 Å². The number of para-hydroxylation sites is 1. The Bertz CT molecular complexity index is 1470. The van der Waals surface area contributed by atoms with Crippen molar-refractivity contribution in [3.05, 3.63) is 83.7 Å². The Labute approximate surface area is 203 Å². The summed E-state index contributed by atoms with van der Waals surface area (Å²) in [6.07, 6.45) is 6.64. The molecule has 4 aromatic heterocycles. The van der Waals surface area contributed by atoms with Crippen LogP contribution in [0.1, 0.15) is 16.1 Å². The third-order valence-corrected chi connectivity index (χ3v) is 5.92. The fourth-order valence-electron chi connectivity index (χ4n) is 3.35. The lowest BCUT2D eigenvalue weighted by Crippen LogP contribution is -2.14. The van der Waals surface area contributed by atoms with Crippen LogP contribution in [-0.2, 0) is 6.61 Å². The smallest absolute Gasteiger partial charge is 0.296 e. The predicted octanol–water partition coefficient (Wildman–Crippen LogP) is 4.74. The zero-order valence-corrected chi connectivity index (χ0v) is 19.4. The fourth-order valence-corrected chi connectivity index (χ4v) is 4.05. The van der Waals surface area contributed by atoms with E-state index in [1.54, 1.807) is 48.6 Å². The second kappa shape index (κ2) is 9.46. The Morgan fingerprint density at radius 3 is 2.85 bits per heavy atom. The van der Waals surface area contributed by atoms with Crippen LogP contribution < -0.4 is 14.8 Å². The second-order valence-corrected chi connectivity index (χ2v) is 8.49. The second-order valence-electron chi connectivity index (χ2n) is 7.11. The third kappa shape index (κ3) is 4.54. The van der Waals surface area contributed by atoms with Crippen LogP contribution >= 0.6 is 22.9 Å². The van der Waals surface area contributed by atoms with E-state index < -0.39 is 0 Å². The zero-order chi connectivity index (χ0) is 23.5. The summed E-state index contributed by atoms with van der Waals surface area (Å²) in [7, 11) is 1.60. The molecule has 0 aliphatic heterocycles. The summed E-state index contributed by atoms with van der Waals surface area (Å²) in [4.78, 5) is 21.6. The largest absolute Gasteiger partial charge is 0.496 e. The standard InChI is InChI=1S/C23H17ClN6O3S/c1-32-20-5-3-2-4-17(20)18-8-16-10-25-13-30(16)11-19(18)21(31)27-22-28-29-23(34-22)33-12-15-7-6-14(24)9-26-15/h2-11,13H,12H2,1H3,(H,27,28,31). The topological polar surface area (TPSA) is 104 Å². The van der Waals surface area contributed by atoms with E-state index in [1.807, 2.05) is 30.3 Å². The molecule has 0 aliphatic rings. The molecule has 1 amide bonds. The normalized spacial score (nSPS) is 10.9. The summed E-state index contributed by atoms with van der Waals surface area (Å²) >= 11 is 6.97. The number of imidazole rings is 1. The van der Waals surface area contributed by atoms with Crippen molar-refractivity contribution in [1.82, 2.24) is 24.6 Å². The van der Waals surface area contributed by atoms with Crippen molar-refractivity contribution < 1.29 is 14.3 Å². The van der Waals surface area contributed by atoms with Gasteiger partial charge in [0.15, 0.2) is 0 Å². The maximum atomic E-state index is 13.3. The summed E-state index contributed by atoms with van der Waals surface area (Å²) in [5.41, 5.74) is 3.46. The highest BCUT2D eigenvalue weighted by Crippen LogP contribution is 2.34. The number of amides is 1. The Kier molecular flexibility index (Phi) is 6.07. The van der Waals surface area contributed by atoms with Crippen molar-refractivity contribution >= 4 is 39.5 Å². The number of carbonyl (C=O) groups is 1. The molecule has 0 radical (unpaired) electrons. The molecule has 0 atom stereocenters. The number of aromatic nitrogens is 5. The first-order valence-electron chi connectivity index (χ1n) is 10.1. The van der Waals surface area contributed by atoms with E-state index in [1.165, 1.54) is 0 Å². The number of nitrogens with one attached hydrogen (secondary N) is 1. The van der Waals surface area contributed by atoms with Crippen LogP contribution in [0.4, 0.5) is 5.13 Å². The van der Waals surface area contributed by atoms with Gasteiger partial charge in [-0.15, -0.1) is 5.10 Å². The summed E-state index contributed by atoms with van der Waals surface area (Å²) < 4.78 is 12.9. The number of methoxy groups -OCH3 is 1. The molecule has 0 unspecified atom stereocenters. The van der Waals surface area contributed by atoms with Gasteiger partial charge in [-0.05, 0) is 35.6 Å². The third-order valence-electron chi connectivity index (χ3n) is 4.95. The molecule has 0 saturated carbocycles. The van der Waals surface area contributed by atoms with Crippen molar-refractivity contribution in [2.24, 2.45) is 0 Å². The minimum atomic E-state index is -0.349. The minimum absolute atomic E-state index is 0.203. The summed E-state index contributed by atoms with van der Waals surface area (Å²) in [5.74, 6) is 0.307. The number of nitrogens with zero attached hydrogens (tertiary/aromatic N) is 5. The quantitative estimate of drug-likeness (QED) is 0.350. The minimum Gasteiger partial charge on any atom is -0.496 e. The maximum Gasteiger partial charge on any atom is 0.296 e. The number of hydrogen-bond acceptors (Lipinski definition) is 8. The van der Waals surface area contributed by atoms with Crippen molar-refractivity contribution in [2.45, 2.75) is 6.61 Å². The van der Waals surface area contributed by atoms with E-state index in [-0.39, 0.29) is 12.5 Å². The van der Waals surface area contributed by atoms with Gasteiger partial charge in [-0.25, -0.2) is 4.98 Å². The number of pyridine rings is 2. The molecule has 1 aromatic carbocycles. The maximum absolute atomic E-state index is 13.3. The summed E-state index contributed by atoms with van der Waals surface area (Å²) in [5, 5.41) is 12.0. The van der Waals surface area contributed by atoms with Crippen LogP contribution in [0.15, 0.2) is 67.4 Å². The Morgan fingerprint density at radius 2 is 2.03 bits per heavy atom. The lowest BCUT2D eigenvalue weighted by Gasteiger charge is -2.13. The number of ether oxygens (including phenoxy) is 2. The van der Waals surface area contributed by atoms with Crippen molar-refractivity contribution in [2.75, 3.05) is 12.4 Å². The van der Waals surface area contributed by atoms with Crippen LogP contribution in [-0.4, -0.2) is 37.6 Å². The molecular formula is C23H17ClN6O3S. The predicted molar refractivity (Wildman–Crippen MR) is 129 cm³/mol. The van der Waals surface area contributed by atoms with Crippen LogP contribution in [0.2, 0.25) is 5.02 Å². The first kappa shape index (κ1) is 21.8. The Morgan fingerprint density at radius 1 is 1.15 bits per heavy atom. The number of benzene rings is 1. The van der Waals surface area contributed by atoms with Gasteiger partial charge in [0.25, 0.3) is 11.1 Å². The number of carbonyl (C=O) groups excluding carboxylic acids is 1. The molecule has 5 rings (SSSR count). The summed E-state index contributed by atoms with van der Waals surface area (Å²) in [6.45, 7) is 0.203. The van der Waals surface area contributed by atoms with Crippen molar-refractivity contribution in [3.63, 3.8) is 0 Å². The van der Waals surface area contributed by atoms with Gasteiger partial charge in [-0.3, -0.25) is 15.1 Å². The fraction of sp³-hybridized carbons (Fsp3) is 0.0870. The Hall–Kier alpha value is -4.02. The van der Waals surface area contributed by atoms with E-state index >= 15 is 0 Å². The van der Waals surface area contributed by atoms with Gasteiger partial charge in [0.1, 0.15) is 12.4 Å². The van der Waals surface area contributed by atoms with Crippen LogP contribution in [0.5, 0.6) is 10.9 Å². The molecule has 0 fully saturated rings. The molecule has 0 aliphatic carbocycles. The average Bonchev–Trinajstić information content (AvgIpc) is 3.51. The number of hydrogen-bond donors (Lipinski definition) is 1. The monoisotopic (exact) mass is 492 g/mol. The lowest BCUT2D eigenvalue weighted by molar-refractivity contribution is 0.102. The highest BCUT2D eigenvalue weighted by atomic mass is 35.5. The molecule has 5 aromatic rings. The van der Waals surface area contributed by atoms with Gasteiger partial charge in [-0.1, -0.05) is 34.9 Å². The number of halogens is 1. The molecule has 0 bridgehead atoms. The average molecular weight is 493 g/mol. The molecule has 1 N–H and O–H groups in total. The number of rotatable bonds is 7. The summed E-state index contributed by atoms with van der Waals surface area (Å²) in [6, 6.07) is 12.9. The zero-order valence-electron chi connectivity index (χ0n) is 17.8. The molecule has 4 heterocycles. The van der Waals surface area contributed by atoms with Crippen LogP contribution in [0, 0.1) is 0 Å². The molecule has 170 valence electrons. The van der Waals surface area contributed by atoms with Gasteiger partial charge in [-0.2, -0.15) is 0 Å². The van der Waals surface area contributed by atoms with E-state index in [2.05, 4.69) is 25.5 Å². The van der Waals surface area contributed by atoms with Crippen molar-refractivity contribution in [1.29, 1.82) is 0 Å². The first-order chi connectivity index (χ1) is 16.6. The number of fused-ring (bicyclic) bond motifs is 1. The van der Waals surface area contributed by atoms with Gasteiger partial charge in [0, 0.05) is 23.5 Å². The first-order valence-corrected chi connectivity index (χ1v) is 11.3. The van der Waals surface area contributed by atoms with E-state index in [0.717, 1.165) is 22.4 Å². The van der Waals surface area contributed by atoms with Gasteiger partial charge in [0.05, 0.1) is 41.4 Å². The van der Waals surface area contributed by atoms with E-state index in [4.69, 9.17) is 21.1 Å². The van der Waals surface area contributed by atoms with Crippen LogP contribution in [0.3, 0.4) is 0 Å². The van der Waals surface area contributed by atoms with Crippen LogP contribution in [0.25, 0.3) is 16.6 Å². The van der Waals surface area contributed by atoms with Gasteiger partial charge in [0.2, 0.25) is 5.13 Å². The SMILES string of the molecule is COc1ccccc1-c1cc2cncn2cc1C(=O)Nc1nnc(OCc2ccc(Cl)cn2)s1.